The van der Waals surface area contributed by atoms with E-state index in [9.17, 15) is 26.3 Å². The van der Waals surface area contributed by atoms with Gasteiger partial charge in [-0.05, 0) is 60.1 Å². The molecule has 0 fully saturated rings. The van der Waals surface area contributed by atoms with Crippen molar-refractivity contribution in [1.82, 2.24) is 0 Å². The second-order valence-electron chi connectivity index (χ2n) is 10.7. The van der Waals surface area contributed by atoms with Crippen LogP contribution < -0.4 is 20.9 Å². The van der Waals surface area contributed by atoms with E-state index >= 15 is 0 Å². The average Bonchev–Trinajstić information content (AvgIpc) is 2.89. The van der Waals surface area contributed by atoms with Gasteiger partial charge in [0.15, 0.2) is 0 Å². The number of nitrogen functional groups attached to an aromatic ring is 2. The lowest BCUT2D eigenvalue weighted by Crippen LogP contribution is -2.54. The summed E-state index contributed by atoms with van der Waals surface area (Å²) in [4.78, 5) is 0. The Labute approximate surface area is 239 Å². The van der Waals surface area contributed by atoms with E-state index in [0.29, 0.717) is 12.1 Å². The molecule has 0 aliphatic rings. The van der Waals surface area contributed by atoms with Crippen molar-refractivity contribution in [2.24, 2.45) is 11.8 Å². The summed E-state index contributed by atoms with van der Waals surface area (Å²) in [6, 6.07) is 5.10. The van der Waals surface area contributed by atoms with Gasteiger partial charge in [0.05, 0.1) is 24.6 Å². The Morgan fingerprint density at radius 1 is 0.634 bits per heavy atom. The van der Waals surface area contributed by atoms with Gasteiger partial charge in [-0.15, -0.1) is 0 Å². The Balaban J connectivity index is 2.49. The number of ether oxygens (including phenoxy) is 2. The Morgan fingerprint density at radius 3 is 1.27 bits per heavy atom. The van der Waals surface area contributed by atoms with Gasteiger partial charge in [0, 0.05) is 0 Å². The maximum absolute atomic E-state index is 14.7. The maximum Gasteiger partial charge on any atom is 0.411 e. The fraction of sp³-hybridized carbons (Fsp3) is 0.613. The summed E-state index contributed by atoms with van der Waals surface area (Å²) < 4.78 is 99.5. The van der Waals surface area contributed by atoms with Gasteiger partial charge >= 0.3 is 12.4 Å². The van der Waals surface area contributed by atoms with Crippen LogP contribution in [0.5, 0.6) is 11.5 Å². The smallest absolute Gasteiger partial charge is 0.411 e. The lowest BCUT2D eigenvalue weighted by molar-refractivity contribution is -0.288. The van der Waals surface area contributed by atoms with Crippen LogP contribution in [-0.4, -0.2) is 25.6 Å². The summed E-state index contributed by atoms with van der Waals surface area (Å²) in [6.45, 7) is 8.63. The molecule has 0 aliphatic carbocycles. The largest absolute Gasteiger partial charge is 0.491 e. The lowest BCUT2D eigenvalue weighted by Gasteiger charge is -2.38. The molecule has 0 bridgehead atoms. The molecular weight excluding hydrogens is 546 g/mol. The molecule has 2 aromatic carbocycles. The molecule has 0 heterocycles. The van der Waals surface area contributed by atoms with Crippen LogP contribution in [-0.2, 0) is 5.41 Å². The molecule has 4 N–H and O–H groups in total. The number of alkyl halides is 6. The van der Waals surface area contributed by atoms with E-state index in [1.165, 1.54) is 0 Å². The molecule has 0 aliphatic heterocycles. The van der Waals surface area contributed by atoms with Crippen molar-refractivity contribution in [3.05, 3.63) is 47.5 Å². The third kappa shape index (κ3) is 8.16. The second kappa shape index (κ2) is 14.9. The first-order chi connectivity index (χ1) is 19.3. The monoisotopic (exact) mass is 590 g/mol. The van der Waals surface area contributed by atoms with Gasteiger partial charge in [-0.25, -0.2) is 0 Å². The summed E-state index contributed by atoms with van der Waals surface area (Å²) in [5.41, 5.74) is 4.82. The SMILES string of the molecule is CCCCC(CC)COc1ccc(C(c2ccc(OCC(CC)CCCC)c(N)c2)(C(F)(F)F)C(F)(F)F)cc1N. The topological polar surface area (TPSA) is 70.5 Å². The number of hydrogen-bond acceptors (Lipinski definition) is 4. The van der Waals surface area contributed by atoms with E-state index in [-0.39, 0.29) is 47.9 Å². The number of benzene rings is 2. The van der Waals surface area contributed by atoms with Gasteiger partial charge in [0.2, 0.25) is 5.41 Å². The van der Waals surface area contributed by atoms with Crippen molar-refractivity contribution in [3.8, 4) is 11.5 Å². The normalized spacial score (nSPS) is 14.1. The Kier molecular flexibility index (Phi) is 12.5. The van der Waals surface area contributed by atoms with Crippen molar-refractivity contribution < 1.29 is 35.8 Å². The number of hydrogen-bond donors (Lipinski definition) is 2. The first-order valence-corrected chi connectivity index (χ1v) is 14.5. The summed E-state index contributed by atoms with van der Waals surface area (Å²) in [5, 5.41) is 0. The fourth-order valence-electron chi connectivity index (χ4n) is 5.02. The molecule has 0 saturated carbocycles. The highest BCUT2D eigenvalue weighted by Gasteiger charge is 2.72. The summed E-state index contributed by atoms with van der Waals surface area (Å²) in [7, 11) is 0. The van der Waals surface area contributed by atoms with Crippen LogP contribution in [0, 0.1) is 11.8 Å². The van der Waals surface area contributed by atoms with E-state index in [1.54, 1.807) is 0 Å². The minimum absolute atomic E-state index is 0.0405. The minimum atomic E-state index is -5.77. The predicted molar refractivity (Wildman–Crippen MR) is 152 cm³/mol. The lowest BCUT2D eigenvalue weighted by atomic mass is 9.72. The van der Waals surface area contributed by atoms with Crippen molar-refractivity contribution in [2.75, 3.05) is 24.7 Å². The summed E-state index contributed by atoms with van der Waals surface area (Å²) in [5.74, 6) is 0.473. The molecular formula is C31H44F6N2O2. The fourth-order valence-corrected chi connectivity index (χ4v) is 5.02. The Hall–Kier alpha value is -2.78. The van der Waals surface area contributed by atoms with Gasteiger partial charge in [-0.2, -0.15) is 26.3 Å². The van der Waals surface area contributed by atoms with Crippen molar-refractivity contribution in [1.29, 1.82) is 0 Å². The molecule has 2 rings (SSSR count). The van der Waals surface area contributed by atoms with Crippen molar-refractivity contribution in [3.63, 3.8) is 0 Å². The molecule has 0 amide bonds. The zero-order valence-corrected chi connectivity index (χ0v) is 24.4. The molecule has 0 aromatic heterocycles. The van der Waals surface area contributed by atoms with Crippen molar-refractivity contribution in [2.45, 2.75) is 96.8 Å². The van der Waals surface area contributed by atoms with E-state index in [2.05, 4.69) is 13.8 Å². The molecule has 2 unspecified atom stereocenters. The zero-order valence-electron chi connectivity index (χ0n) is 24.4. The van der Waals surface area contributed by atoms with Gasteiger partial charge in [-0.1, -0.05) is 78.4 Å². The number of rotatable bonds is 16. The third-order valence-electron chi connectivity index (χ3n) is 7.77. The van der Waals surface area contributed by atoms with E-state index in [4.69, 9.17) is 20.9 Å². The second-order valence-corrected chi connectivity index (χ2v) is 10.7. The summed E-state index contributed by atoms with van der Waals surface area (Å²) in [6.07, 6.45) is -4.12. The quantitative estimate of drug-likeness (QED) is 0.151. The number of halogens is 6. The van der Waals surface area contributed by atoms with E-state index < -0.39 is 28.9 Å². The Bertz CT molecular complexity index is 1000. The first-order valence-electron chi connectivity index (χ1n) is 14.5. The molecule has 0 saturated heterocycles. The zero-order chi connectivity index (χ0) is 30.8. The standard InChI is InChI=1S/C31H44F6N2O2/c1-5-9-11-21(7-3)19-40-27-15-13-23(17-25(27)38)29(30(32,33)34,31(35,36)37)24-14-16-28(26(39)18-24)41-20-22(8-4)12-10-6-2/h13-18,21-22H,5-12,19-20,38-39H2,1-4H3. The Morgan fingerprint density at radius 2 is 1.00 bits per heavy atom. The molecule has 10 heteroatoms. The molecule has 41 heavy (non-hydrogen) atoms. The molecule has 0 radical (unpaired) electrons. The van der Waals surface area contributed by atoms with Gasteiger partial charge in [-0.3, -0.25) is 0 Å². The molecule has 0 spiro atoms. The van der Waals surface area contributed by atoms with Crippen LogP contribution in [0.15, 0.2) is 36.4 Å². The van der Waals surface area contributed by atoms with E-state index in [1.807, 2.05) is 13.8 Å². The van der Waals surface area contributed by atoms with Crippen LogP contribution in [0.4, 0.5) is 37.7 Å². The summed E-state index contributed by atoms with van der Waals surface area (Å²) >= 11 is 0. The van der Waals surface area contributed by atoms with Crippen LogP contribution in [0.1, 0.15) is 90.2 Å². The number of nitrogens with two attached hydrogens (primary N) is 2. The predicted octanol–water partition coefficient (Wildman–Crippen LogP) is 9.45. The highest BCUT2D eigenvalue weighted by Crippen LogP contribution is 2.57. The van der Waals surface area contributed by atoms with Gasteiger partial charge in [0.1, 0.15) is 11.5 Å². The van der Waals surface area contributed by atoms with Crippen LogP contribution >= 0.6 is 0 Å². The minimum Gasteiger partial charge on any atom is -0.491 e. The maximum atomic E-state index is 14.7. The van der Waals surface area contributed by atoms with Gasteiger partial charge < -0.3 is 20.9 Å². The highest BCUT2D eigenvalue weighted by atomic mass is 19.4. The van der Waals surface area contributed by atoms with Gasteiger partial charge in [0.25, 0.3) is 0 Å². The van der Waals surface area contributed by atoms with Crippen LogP contribution in [0.3, 0.4) is 0 Å². The number of anilines is 2. The molecule has 2 atom stereocenters. The van der Waals surface area contributed by atoms with Crippen molar-refractivity contribution >= 4 is 11.4 Å². The highest BCUT2D eigenvalue weighted by molar-refractivity contribution is 5.61. The van der Waals surface area contributed by atoms with E-state index in [0.717, 1.165) is 75.6 Å². The average molecular weight is 591 g/mol. The third-order valence-corrected chi connectivity index (χ3v) is 7.77. The molecule has 232 valence electrons. The molecule has 4 nitrogen and oxygen atoms in total. The van der Waals surface area contributed by atoms with Crippen LogP contribution in [0.2, 0.25) is 0 Å². The number of unbranched alkanes of at least 4 members (excludes halogenated alkanes) is 2. The van der Waals surface area contributed by atoms with Crippen LogP contribution in [0.25, 0.3) is 0 Å². The molecule has 2 aromatic rings. The first kappa shape index (κ1) is 34.4.